The van der Waals surface area contributed by atoms with Crippen molar-refractivity contribution < 1.29 is 28.5 Å². The number of hydrogen-bond donors (Lipinski definition) is 0. The van der Waals surface area contributed by atoms with Crippen molar-refractivity contribution in [1.82, 2.24) is 9.80 Å². The molecule has 2 aromatic rings. The molecule has 2 saturated heterocycles. The Morgan fingerprint density at radius 1 is 0.739 bits per heavy atom. The maximum atomic E-state index is 14.3. The smallest absolute Gasteiger partial charge is 0.246 e. The number of hydrogen-bond acceptors (Lipinski definition) is 6. The highest BCUT2D eigenvalue weighted by Crippen LogP contribution is 2.57. The summed E-state index contributed by atoms with van der Waals surface area (Å²) in [6.07, 6.45) is 18.9. The zero-order valence-corrected chi connectivity index (χ0v) is 26.7. The van der Waals surface area contributed by atoms with Crippen LogP contribution < -0.4 is 18.9 Å². The van der Waals surface area contributed by atoms with E-state index < -0.39 is 0 Å². The van der Waals surface area contributed by atoms with Gasteiger partial charge in [-0.3, -0.25) is 9.59 Å². The first-order valence-corrected chi connectivity index (χ1v) is 17.4. The van der Waals surface area contributed by atoms with Gasteiger partial charge in [-0.2, -0.15) is 0 Å². The first-order chi connectivity index (χ1) is 22.7. The van der Waals surface area contributed by atoms with E-state index in [0.717, 1.165) is 112 Å². The Kier molecular flexibility index (Phi) is 9.49. The van der Waals surface area contributed by atoms with E-state index in [1.807, 2.05) is 29.2 Å². The zero-order valence-electron chi connectivity index (χ0n) is 26.7. The molecule has 4 aliphatic heterocycles. The molecule has 4 atom stereocenters. The molecule has 46 heavy (non-hydrogen) atoms. The molecule has 0 aromatic heterocycles. The number of fused-ring (bicyclic) bond motifs is 2. The molecule has 8 nitrogen and oxygen atoms in total. The number of nitrogens with zero attached hydrogens (tertiary/aromatic N) is 2. The van der Waals surface area contributed by atoms with Gasteiger partial charge in [0.2, 0.25) is 25.4 Å². The molecule has 1 aliphatic carbocycles. The maximum Gasteiger partial charge on any atom is 0.246 e. The molecule has 0 unspecified atom stereocenters. The third-order valence-electron chi connectivity index (χ3n) is 10.5. The molecule has 0 spiro atoms. The van der Waals surface area contributed by atoms with Crippen molar-refractivity contribution in [3.63, 3.8) is 0 Å². The van der Waals surface area contributed by atoms with Crippen LogP contribution in [0.5, 0.6) is 23.0 Å². The van der Waals surface area contributed by atoms with Crippen LogP contribution >= 0.6 is 0 Å². The van der Waals surface area contributed by atoms with Crippen molar-refractivity contribution in [2.75, 3.05) is 39.8 Å². The Morgan fingerprint density at radius 2 is 1.39 bits per heavy atom. The Hall–Kier alpha value is -3.94. The van der Waals surface area contributed by atoms with Gasteiger partial charge in [0.05, 0.1) is 0 Å². The minimum absolute atomic E-state index is 0.00485. The van der Waals surface area contributed by atoms with Gasteiger partial charge in [0.25, 0.3) is 0 Å². The van der Waals surface area contributed by atoms with Crippen LogP contribution in [0.2, 0.25) is 0 Å². The second kappa shape index (κ2) is 14.2. The largest absolute Gasteiger partial charge is 0.454 e. The Bertz CT molecular complexity index is 1460. The first kappa shape index (κ1) is 30.7. The van der Waals surface area contributed by atoms with Gasteiger partial charge in [0, 0.05) is 38.0 Å². The van der Waals surface area contributed by atoms with Crippen molar-refractivity contribution in [3.05, 3.63) is 65.8 Å². The summed E-state index contributed by atoms with van der Waals surface area (Å²) in [5.41, 5.74) is 2.20. The SMILES string of the molecule is O=C(C=C[C@@H]1[C@@H](CCCCC=Cc2ccc3c(c2)OCO3)[C@H](C(=O)N2CCCCC2)[C@H]1c1ccc2c(c1)OCO2)N1CCCCC1. The van der Waals surface area contributed by atoms with Crippen molar-refractivity contribution in [2.24, 2.45) is 17.8 Å². The summed E-state index contributed by atoms with van der Waals surface area (Å²) in [5.74, 6) is 3.66. The quantitative estimate of drug-likeness (QED) is 0.210. The number of piperidine rings is 2. The van der Waals surface area contributed by atoms with Crippen LogP contribution in [0.4, 0.5) is 0 Å². The standard InChI is InChI=1S/C38H46N2O6/c41-35(39-19-7-3-8-20-39)18-15-30-29(12-6-2-1-5-11-27-13-16-31-33(23-27)45-25-43-31)37(38(42)40-21-9-4-10-22-40)36(30)28-14-17-32-34(24-28)46-26-44-32/h5,11,13-18,23-24,29-30,36-37H,1-4,6-10,12,19-22,25-26H2/t29-,30-,36+,37+/m1/s1. The molecule has 2 aromatic carbocycles. The Labute approximate surface area is 272 Å². The van der Waals surface area contributed by atoms with Crippen molar-refractivity contribution in [2.45, 2.75) is 70.1 Å². The lowest BCUT2D eigenvalue weighted by atomic mass is 9.52. The predicted octanol–water partition coefficient (Wildman–Crippen LogP) is 6.94. The van der Waals surface area contributed by atoms with Gasteiger partial charge in [0.1, 0.15) is 0 Å². The van der Waals surface area contributed by atoms with Crippen LogP contribution in [-0.2, 0) is 9.59 Å². The molecule has 0 radical (unpaired) electrons. The van der Waals surface area contributed by atoms with Crippen LogP contribution in [-0.4, -0.2) is 61.4 Å². The number of rotatable bonds is 10. The second-order valence-electron chi connectivity index (χ2n) is 13.3. The summed E-state index contributed by atoms with van der Waals surface area (Å²) in [7, 11) is 0. The number of unbranched alkanes of at least 4 members (excludes halogenated alkanes) is 2. The van der Waals surface area contributed by atoms with Crippen molar-refractivity contribution >= 4 is 17.9 Å². The Balaban J connectivity index is 1.08. The van der Waals surface area contributed by atoms with E-state index in [1.54, 1.807) is 6.08 Å². The summed E-state index contributed by atoms with van der Waals surface area (Å²) < 4.78 is 22.3. The number of allylic oxidation sites excluding steroid dienone is 2. The summed E-state index contributed by atoms with van der Waals surface area (Å²) in [5, 5.41) is 0. The molecule has 1 saturated carbocycles. The van der Waals surface area contributed by atoms with E-state index in [4.69, 9.17) is 18.9 Å². The molecule has 0 bridgehead atoms. The zero-order chi connectivity index (χ0) is 31.3. The van der Waals surface area contributed by atoms with Crippen LogP contribution in [0.15, 0.2) is 54.6 Å². The van der Waals surface area contributed by atoms with Gasteiger partial charge in [-0.25, -0.2) is 0 Å². The molecule has 2 amide bonds. The molecule has 4 heterocycles. The number of amides is 2. The number of benzene rings is 2. The number of carbonyl (C=O) groups excluding carboxylic acids is 2. The minimum Gasteiger partial charge on any atom is -0.454 e. The fraction of sp³-hybridized carbons (Fsp3) is 0.526. The lowest BCUT2D eigenvalue weighted by Gasteiger charge is -2.52. The van der Waals surface area contributed by atoms with Crippen LogP contribution in [0, 0.1) is 17.8 Å². The van der Waals surface area contributed by atoms with E-state index in [-0.39, 0.29) is 49.1 Å². The van der Waals surface area contributed by atoms with Gasteiger partial charge in [-0.1, -0.05) is 36.8 Å². The highest BCUT2D eigenvalue weighted by molar-refractivity contribution is 5.88. The van der Waals surface area contributed by atoms with E-state index >= 15 is 0 Å². The number of carbonyl (C=O) groups is 2. The summed E-state index contributed by atoms with van der Waals surface area (Å²) in [6, 6.07) is 12.2. The maximum absolute atomic E-state index is 14.3. The van der Waals surface area contributed by atoms with Gasteiger partial charge >= 0.3 is 0 Å². The van der Waals surface area contributed by atoms with Gasteiger partial charge < -0.3 is 28.7 Å². The normalized spacial score (nSPS) is 25.3. The lowest BCUT2D eigenvalue weighted by Crippen LogP contribution is -2.54. The van der Waals surface area contributed by atoms with E-state index in [9.17, 15) is 9.59 Å². The molecule has 8 heteroatoms. The van der Waals surface area contributed by atoms with Gasteiger partial charge in [0.15, 0.2) is 23.0 Å². The summed E-state index contributed by atoms with van der Waals surface area (Å²) in [6.45, 7) is 3.85. The van der Waals surface area contributed by atoms with Crippen LogP contribution in [0.1, 0.15) is 81.3 Å². The fourth-order valence-corrected chi connectivity index (χ4v) is 8.00. The molecular formula is C38H46N2O6. The molecule has 5 aliphatic rings. The van der Waals surface area contributed by atoms with E-state index in [1.165, 1.54) is 12.8 Å². The number of likely N-dealkylation sites (tertiary alicyclic amines) is 2. The highest BCUT2D eigenvalue weighted by atomic mass is 16.7. The monoisotopic (exact) mass is 626 g/mol. The molecule has 244 valence electrons. The first-order valence-electron chi connectivity index (χ1n) is 17.4. The highest BCUT2D eigenvalue weighted by Gasteiger charge is 2.54. The van der Waals surface area contributed by atoms with E-state index in [2.05, 4.69) is 35.3 Å². The summed E-state index contributed by atoms with van der Waals surface area (Å²) in [4.78, 5) is 31.6. The number of ether oxygens (including phenoxy) is 4. The lowest BCUT2D eigenvalue weighted by molar-refractivity contribution is -0.146. The minimum atomic E-state index is -0.109. The van der Waals surface area contributed by atoms with Crippen LogP contribution in [0.3, 0.4) is 0 Å². The second-order valence-corrected chi connectivity index (χ2v) is 13.3. The Morgan fingerprint density at radius 3 is 2.13 bits per heavy atom. The third kappa shape index (κ3) is 6.62. The van der Waals surface area contributed by atoms with Gasteiger partial charge in [-0.05, 0) is 111 Å². The molecule has 0 N–H and O–H groups in total. The molecule has 3 fully saturated rings. The third-order valence-corrected chi connectivity index (χ3v) is 10.5. The van der Waals surface area contributed by atoms with Gasteiger partial charge in [-0.15, -0.1) is 0 Å². The average Bonchev–Trinajstić information content (AvgIpc) is 3.77. The van der Waals surface area contributed by atoms with Crippen LogP contribution in [0.25, 0.3) is 6.08 Å². The van der Waals surface area contributed by atoms with Crippen molar-refractivity contribution in [3.8, 4) is 23.0 Å². The topological polar surface area (TPSA) is 77.5 Å². The van der Waals surface area contributed by atoms with Crippen molar-refractivity contribution in [1.29, 1.82) is 0 Å². The average molecular weight is 627 g/mol. The van der Waals surface area contributed by atoms with E-state index in [0.29, 0.717) is 0 Å². The predicted molar refractivity (Wildman–Crippen MR) is 176 cm³/mol. The molecule has 7 rings (SSSR count). The fourth-order valence-electron chi connectivity index (χ4n) is 8.00. The molecular weight excluding hydrogens is 580 g/mol. The summed E-state index contributed by atoms with van der Waals surface area (Å²) >= 11 is 0.